The van der Waals surface area contributed by atoms with Crippen LogP contribution in [0.15, 0.2) is 22.7 Å². The predicted octanol–water partition coefficient (Wildman–Crippen LogP) is 2.87. The Balaban J connectivity index is 2.74. The van der Waals surface area contributed by atoms with Gasteiger partial charge in [0, 0.05) is 22.1 Å². The number of aliphatic hydroxyl groups is 1. The van der Waals surface area contributed by atoms with Crippen LogP contribution in [0.3, 0.4) is 0 Å². The van der Waals surface area contributed by atoms with Crippen molar-refractivity contribution in [2.75, 3.05) is 5.73 Å². The van der Waals surface area contributed by atoms with E-state index in [1.54, 1.807) is 13.0 Å². The number of aliphatic hydroxyl groups excluding tert-OH is 1. The highest BCUT2D eigenvalue weighted by atomic mass is 79.9. The first-order valence-corrected chi connectivity index (χ1v) is 5.57. The molecule has 0 spiro atoms. The maximum absolute atomic E-state index is 9.88. The maximum Gasteiger partial charge on any atom is 0.0819 e. The Labute approximate surface area is 98.6 Å². The Hall–Kier alpha value is -0.980. The van der Waals surface area contributed by atoms with Gasteiger partial charge < -0.3 is 10.8 Å². The average molecular weight is 268 g/mol. The van der Waals surface area contributed by atoms with Crippen LogP contribution in [-0.4, -0.2) is 5.11 Å². The van der Waals surface area contributed by atoms with Gasteiger partial charge in [0.1, 0.15) is 0 Å². The molecular formula is C12H14BrNO. The number of hydrogen-bond acceptors (Lipinski definition) is 2. The molecule has 0 amide bonds. The average Bonchev–Trinajstić information content (AvgIpc) is 2.22. The summed E-state index contributed by atoms with van der Waals surface area (Å²) in [4.78, 5) is 0. The van der Waals surface area contributed by atoms with Crippen LogP contribution < -0.4 is 5.73 Å². The van der Waals surface area contributed by atoms with E-state index in [4.69, 9.17) is 5.73 Å². The Kier molecular flexibility index (Phi) is 4.67. The first kappa shape index (κ1) is 12.1. The van der Waals surface area contributed by atoms with Crippen LogP contribution in [0.25, 0.3) is 0 Å². The molecule has 0 aromatic heterocycles. The van der Waals surface area contributed by atoms with E-state index < -0.39 is 6.10 Å². The second-order valence-corrected chi connectivity index (χ2v) is 4.17. The molecule has 3 N–H and O–H groups in total. The van der Waals surface area contributed by atoms with Crippen LogP contribution in [0.1, 0.15) is 31.4 Å². The predicted molar refractivity (Wildman–Crippen MR) is 66.2 cm³/mol. The zero-order chi connectivity index (χ0) is 11.3. The third kappa shape index (κ3) is 3.58. The van der Waals surface area contributed by atoms with Gasteiger partial charge in [-0.1, -0.05) is 15.9 Å². The molecule has 80 valence electrons. The van der Waals surface area contributed by atoms with E-state index in [1.807, 2.05) is 12.1 Å². The summed E-state index contributed by atoms with van der Waals surface area (Å²) in [7, 11) is 0. The molecule has 2 nitrogen and oxygen atoms in total. The lowest BCUT2D eigenvalue weighted by molar-refractivity contribution is 0.170. The molecule has 0 aliphatic carbocycles. The number of nitrogens with two attached hydrogens (primary N) is 1. The van der Waals surface area contributed by atoms with Crippen molar-refractivity contribution >= 4 is 21.6 Å². The van der Waals surface area contributed by atoms with Gasteiger partial charge in [-0.25, -0.2) is 0 Å². The Morgan fingerprint density at radius 2 is 2.27 bits per heavy atom. The van der Waals surface area contributed by atoms with E-state index >= 15 is 0 Å². The first-order chi connectivity index (χ1) is 7.15. The SMILES string of the molecule is CC#CCCC(O)c1cc(Br)ccc1N. The van der Waals surface area contributed by atoms with E-state index in [1.165, 1.54) is 0 Å². The lowest BCUT2D eigenvalue weighted by atomic mass is 10.0. The van der Waals surface area contributed by atoms with Crippen molar-refractivity contribution in [2.45, 2.75) is 25.9 Å². The standard InChI is InChI=1S/C12H14BrNO/c1-2-3-4-5-12(15)10-8-9(13)6-7-11(10)14/h6-8,12,15H,4-5,14H2,1H3. The van der Waals surface area contributed by atoms with Gasteiger partial charge in [0.2, 0.25) is 0 Å². The van der Waals surface area contributed by atoms with Crippen molar-refractivity contribution in [3.8, 4) is 11.8 Å². The summed E-state index contributed by atoms with van der Waals surface area (Å²) in [6.07, 6.45) is 0.758. The monoisotopic (exact) mass is 267 g/mol. The van der Waals surface area contributed by atoms with Gasteiger partial charge in [0.25, 0.3) is 0 Å². The van der Waals surface area contributed by atoms with Gasteiger partial charge in [-0.2, -0.15) is 0 Å². The lowest BCUT2D eigenvalue weighted by Gasteiger charge is -2.12. The van der Waals surface area contributed by atoms with E-state index in [0.29, 0.717) is 18.5 Å². The summed E-state index contributed by atoms with van der Waals surface area (Å²) in [5, 5.41) is 9.88. The van der Waals surface area contributed by atoms with Crippen molar-refractivity contribution in [1.29, 1.82) is 0 Å². The molecule has 0 aliphatic rings. The van der Waals surface area contributed by atoms with Crippen LogP contribution in [0, 0.1) is 11.8 Å². The lowest BCUT2D eigenvalue weighted by Crippen LogP contribution is -2.01. The molecule has 3 heteroatoms. The van der Waals surface area contributed by atoms with Gasteiger partial charge in [-0.3, -0.25) is 0 Å². The molecule has 1 atom stereocenters. The third-order valence-electron chi connectivity index (χ3n) is 2.13. The minimum atomic E-state index is -0.539. The zero-order valence-corrected chi connectivity index (χ0v) is 10.2. The smallest absolute Gasteiger partial charge is 0.0819 e. The summed E-state index contributed by atoms with van der Waals surface area (Å²) in [6, 6.07) is 5.49. The number of benzene rings is 1. The second kappa shape index (κ2) is 5.79. The molecule has 1 rings (SSSR count). The second-order valence-electron chi connectivity index (χ2n) is 3.25. The number of halogens is 1. The Morgan fingerprint density at radius 1 is 1.53 bits per heavy atom. The van der Waals surface area contributed by atoms with E-state index in [9.17, 15) is 5.11 Å². The van der Waals surface area contributed by atoms with E-state index in [2.05, 4.69) is 27.8 Å². The quantitative estimate of drug-likeness (QED) is 0.654. The molecular weight excluding hydrogens is 254 g/mol. The summed E-state index contributed by atoms with van der Waals surface area (Å²) in [6.45, 7) is 1.79. The van der Waals surface area contributed by atoms with Gasteiger partial charge in [-0.15, -0.1) is 11.8 Å². The highest BCUT2D eigenvalue weighted by Gasteiger charge is 2.10. The van der Waals surface area contributed by atoms with Crippen molar-refractivity contribution in [2.24, 2.45) is 0 Å². The van der Waals surface area contributed by atoms with Crippen molar-refractivity contribution < 1.29 is 5.11 Å². The van der Waals surface area contributed by atoms with Crippen LogP contribution >= 0.6 is 15.9 Å². The van der Waals surface area contributed by atoms with Gasteiger partial charge in [0.05, 0.1) is 6.10 Å². The molecule has 0 heterocycles. The van der Waals surface area contributed by atoms with Crippen LogP contribution in [0.2, 0.25) is 0 Å². The van der Waals surface area contributed by atoms with Gasteiger partial charge in [0.15, 0.2) is 0 Å². The number of nitrogen functional groups attached to an aromatic ring is 1. The molecule has 1 aromatic carbocycles. The number of anilines is 1. The highest BCUT2D eigenvalue weighted by Crippen LogP contribution is 2.27. The van der Waals surface area contributed by atoms with E-state index in [0.717, 1.165) is 10.0 Å². The van der Waals surface area contributed by atoms with Crippen LogP contribution in [-0.2, 0) is 0 Å². The third-order valence-corrected chi connectivity index (χ3v) is 2.62. The molecule has 0 saturated carbocycles. The fourth-order valence-electron chi connectivity index (χ4n) is 1.32. The van der Waals surface area contributed by atoms with E-state index in [-0.39, 0.29) is 0 Å². The largest absolute Gasteiger partial charge is 0.398 e. The highest BCUT2D eigenvalue weighted by molar-refractivity contribution is 9.10. The fraction of sp³-hybridized carbons (Fsp3) is 0.333. The first-order valence-electron chi connectivity index (χ1n) is 4.77. The normalized spacial score (nSPS) is 11.7. The summed E-state index contributed by atoms with van der Waals surface area (Å²) in [5.41, 5.74) is 7.16. The molecule has 0 radical (unpaired) electrons. The topological polar surface area (TPSA) is 46.2 Å². The molecule has 0 saturated heterocycles. The minimum absolute atomic E-state index is 0.539. The maximum atomic E-state index is 9.88. The molecule has 0 fully saturated rings. The summed E-state index contributed by atoms with van der Waals surface area (Å²) >= 11 is 3.35. The summed E-state index contributed by atoms with van der Waals surface area (Å²) in [5.74, 6) is 5.72. The molecule has 1 aromatic rings. The molecule has 1 unspecified atom stereocenters. The molecule has 15 heavy (non-hydrogen) atoms. The van der Waals surface area contributed by atoms with Crippen molar-refractivity contribution in [3.63, 3.8) is 0 Å². The van der Waals surface area contributed by atoms with Crippen molar-refractivity contribution in [1.82, 2.24) is 0 Å². The van der Waals surface area contributed by atoms with Crippen LogP contribution in [0.5, 0.6) is 0 Å². The van der Waals surface area contributed by atoms with Gasteiger partial charge >= 0.3 is 0 Å². The van der Waals surface area contributed by atoms with Crippen LogP contribution in [0.4, 0.5) is 5.69 Å². The Bertz CT molecular complexity index is 392. The zero-order valence-electron chi connectivity index (χ0n) is 8.63. The summed E-state index contributed by atoms with van der Waals surface area (Å²) < 4.78 is 0.923. The minimum Gasteiger partial charge on any atom is -0.398 e. The fourth-order valence-corrected chi connectivity index (χ4v) is 1.70. The number of hydrogen-bond donors (Lipinski definition) is 2. The Morgan fingerprint density at radius 3 is 2.93 bits per heavy atom. The number of rotatable bonds is 3. The van der Waals surface area contributed by atoms with Crippen molar-refractivity contribution in [3.05, 3.63) is 28.2 Å². The molecule has 0 bridgehead atoms. The molecule has 0 aliphatic heterocycles. The van der Waals surface area contributed by atoms with Gasteiger partial charge in [-0.05, 0) is 31.5 Å².